The van der Waals surface area contributed by atoms with E-state index in [1.54, 1.807) is 0 Å². The van der Waals surface area contributed by atoms with Gasteiger partial charge in [-0.1, -0.05) is 0 Å². The first-order valence-electron chi connectivity index (χ1n) is 4.92. The Morgan fingerprint density at radius 2 is 1.20 bits per heavy atom. The van der Waals surface area contributed by atoms with E-state index in [-0.39, 0.29) is 18.2 Å². The Morgan fingerprint density at radius 1 is 0.800 bits per heavy atom. The summed E-state index contributed by atoms with van der Waals surface area (Å²) in [5.41, 5.74) is -3.48. The maximum Gasteiger partial charge on any atom is 0.515 e. The third-order valence-corrected chi connectivity index (χ3v) is 2.00. The standard InChI is InChI=1S/C9H5BF9O/c11-8(12,13)5-1-6(9(14,15)16)3-7(2-5)20-4-10(17,18)19/h1-3H,4H2/q-1. The lowest BCUT2D eigenvalue weighted by molar-refractivity contribution is -0.143. The van der Waals surface area contributed by atoms with E-state index in [1.165, 1.54) is 0 Å². The molecule has 0 amide bonds. The summed E-state index contributed by atoms with van der Waals surface area (Å²) in [6.45, 7) is -7.43. The molecule has 0 N–H and O–H groups in total. The zero-order chi connectivity index (χ0) is 15.8. The van der Waals surface area contributed by atoms with Gasteiger partial charge in [0.15, 0.2) is 0 Å². The van der Waals surface area contributed by atoms with Crippen molar-refractivity contribution in [3.63, 3.8) is 0 Å². The third kappa shape index (κ3) is 4.85. The molecule has 0 saturated heterocycles. The van der Waals surface area contributed by atoms with Gasteiger partial charge in [0.1, 0.15) is 5.75 Å². The van der Waals surface area contributed by atoms with Crippen molar-refractivity contribution in [2.24, 2.45) is 0 Å². The van der Waals surface area contributed by atoms with Gasteiger partial charge in [-0.05, 0) is 18.2 Å². The molecule has 0 atom stereocenters. The predicted octanol–water partition coefficient (Wildman–Crippen LogP) is 4.49. The molecule has 114 valence electrons. The minimum atomic E-state index is -5.50. The molecule has 1 rings (SSSR count). The Balaban J connectivity index is 3.18. The average Bonchev–Trinajstić information content (AvgIpc) is 2.22. The maximum atomic E-state index is 12.4. The molecule has 0 saturated carbocycles. The third-order valence-electron chi connectivity index (χ3n) is 2.00. The summed E-state index contributed by atoms with van der Waals surface area (Å²) in [5, 5.41) is 0. The molecule has 0 spiro atoms. The minimum absolute atomic E-state index is 0.0804. The molecule has 0 heterocycles. The average molecular weight is 311 g/mol. The van der Waals surface area contributed by atoms with Gasteiger partial charge < -0.3 is 17.7 Å². The maximum absolute atomic E-state index is 12.4. The fraction of sp³-hybridized carbons (Fsp3) is 0.333. The lowest BCUT2D eigenvalue weighted by Crippen LogP contribution is -2.26. The normalized spacial score (nSPS) is 13.4. The summed E-state index contributed by atoms with van der Waals surface area (Å²) in [6.07, 6.45) is -10.3. The van der Waals surface area contributed by atoms with Crippen molar-refractivity contribution in [1.82, 2.24) is 0 Å². The molecule has 0 aliphatic heterocycles. The van der Waals surface area contributed by atoms with E-state index < -0.39 is 42.7 Å². The van der Waals surface area contributed by atoms with E-state index in [0.29, 0.717) is 0 Å². The summed E-state index contributed by atoms with van der Waals surface area (Å²) in [6, 6.07) is -0.0420. The Hall–Kier alpha value is -1.55. The van der Waals surface area contributed by atoms with Gasteiger partial charge in [0.25, 0.3) is 0 Å². The lowest BCUT2D eigenvalue weighted by Gasteiger charge is -2.18. The van der Waals surface area contributed by atoms with Gasteiger partial charge in [0, 0.05) is 0 Å². The SMILES string of the molecule is F[B-](F)(F)COc1cc(C(F)(F)F)cc(C(F)(F)F)c1. The molecule has 11 heteroatoms. The van der Waals surface area contributed by atoms with Crippen molar-refractivity contribution in [2.45, 2.75) is 12.4 Å². The molecule has 0 aliphatic rings. The lowest BCUT2D eigenvalue weighted by atomic mass is 9.95. The van der Waals surface area contributed by atoms with Crippen LogP contribution in [0.2, 0.25) is 0 Å². The van der Waals surface area contributed by atoms with Crippen LogP contribution in [0.15, 0.2) is 18.2 Å². The van der Waals surface area contributed by atoms with Crippen molar-refractivity contribution < 1.29 is 44.0 Å². The first kappa shape index (κ1) is 16.5. The summed E-state index contributed by atoms with van der Waals surface area (Å²) < 4.78 is 114. The monoisotopic (exact) mass is 311 g/mol. The number of ether oxygens (including phenoxy) is 1. The zero-order valence-corrected chi connectivity index (χ0v) is 9.33. The van der Waals surface area contributed by atoms with Gasteiger partial charge >= 0.3 is 19.3 Å². The van der Waals surface area contributed by atoms with Crippen molar-refractivity contribution in [1.29, 1.82) is 0 Å². The van der Waals surface area contributed by atoms with Gasteiger partial charge in [-0.2, -0.15) is 26.3 Å². The van der Waals surface area contributed by atoms with E-state index in [9.17, 15) is 39.3 Å². The fourth-order valence-corrected chi connectivity index (χ4v) is 1.20. The van der Waals surface area contributed by atoms with Gasteiger partial charge in [0.05, 0.1) is 17.6 Å². The van der Waals surface area contributed by atoms with Gasteiger partial charge in [-0.3, -0.25) is 0 Å². The molecular weight excluding hydrogens is 306 g/mol. The highest BCUT2D eigenvalue weighted by atomic mass is 19.4. The Morgan fingerprint density at radius 3 is 1.50 bits per heavy atom. The highest BCUT2D eigenvalue weighted by Crippen LogP contribution is 2.38. The van der Waals surface area contributed by atoms with Crippen LogP contribution in [0.3, 0.4) is 0 Å². The van der Waals surface area contributed by atoms with Gasteiger partial charge in [-0.25, -0.2) is 0 Å². The van der Waals surface area contributed by atoms with Crippen molar-refractivity contribution in [2.75, 3.05) is 6.51 Å². The quantitative estimate of drug-likeness (QED) is 0.590. The number of halogens is 9. The van der Waals surface area contributed by atoms with E-state index >= 15 is 0 Å². The molecule has 0 bridgehead atoms. The van der Waals surface area contributed by atoms with Crippen LogP contribution in [0.4, 0.5) is 39.3 Å². The molecule has 1 nitrogen and oxygen atoms in total. The zero-order valence-electron chi connectivity index (χ0n) is 9.33. The van der Waals surface area contributed by atoms with Crippen LogP contribution in [0.25, 0.3) is 0 Å². The molecule has 0 aromatic heterocycles. The van der Waals surface area contributed by atoms with Crippen molar-refractivity contribution in [3.05, 3.63) is 29.3 Å². The number of hydrogen-bond donors (Lipinski definition) is 0. The van der Waals surface area contributed by atoms with E-state index in [2.05, 4.69) is 4.74 Å². The second-order valence-electron chi connectivity index (χ2n) is 3.76. The molecule has 1 aromatic carbocycles. The summed E-state index contributed by atoms with van der Waals surface area (Å²) in [7, 11) is 0. The van der Waals surface area contributed by atoms with Crippen molar-refractivity contribution >= 4 is 6.98 Å². The summed E-state index contributed by atoms with van der Waals surface area (Å²) in [4.78, 5) is 0. The van der Waals surface area contributed by atoms with Crippen LogP contribution in [0.5, 0.6) is 5.75 Å². The number of benzene rings is 1. The second kappa shape index (κ2) is 5.10. The van der Waals surface area contributed by atoms with Crippen LogP contribution in [-0.2, 0) is 12.4 Å². The summed E-state index contributed by atoms with van der Waals surface area (Å²) in [5.74, 6) is -1.15. The second-order valence-corrected chi connectivity index (χ2v) is 3.76. The van der Waals surface area contributed by atoms with Crippen LogP contribution in [0.1, 0.15) is 11.1 Å². The Bertz CT molecular complexity index is 442. The Labute approximate surface area is 106 Å². The highest BCUT2D eigenvalue weighted by Gasteiger charge is 2.37. The topological polar surface area (TPSA) is 9.23 Å². The van der Waals surface area contributed by atoms with Crippen LogP contribution < -0.4 is 4.74 Å². The molecule has 0 radical (unpaired) electrons. The molecule has 20 heavy (non-hydrogen) atoms. The van der Waals surface area contributed by atoms with Crippen LogP contribution in [-0.4, -0.2) is 13.5 Å². The van der Waals surface area contributed by atoms with Crippen molar-refractivity contribution in [3.8, 4) is 5.75 Å². The van der Waals surface area contributed by atoms with E-state index in [0.717, 1.165) is 0 Å². The number of hydrogen-bond acceptors (Lipinski definition) is 1. The number of alkyl halides is 6. The molecule has 0 fully saturated rings. The highest BCUT2D eigenvalue weighted by molar-refractivity contribution is 6.58. The van der Waals surface area contributed by atoms with E-state index in [4.69, 9.17) is 0 Å². The predicted molar refractivity (Wildman–Crippen MR) is 51.0 cm³/mol. The van der Waals surface area contributed by atoms with Crippen LogP contribution in [0, 0.1) is 0 Å². The minimum Gasteiger partial charge on any atom is -0.522 e. The smallest absolute Gasteiger partial charge is 0.515 e. The summed E-state index contributed by atoms with van der Waals surface area (Å²) >= 11 is 0. The van der Waals surface area contributed by atoms with Gasteiger partial charge in [-0.15, -0.1) is 0 Å². The Kier molecular flexibility index (Phi) is 4.21. The molecule has 0 unspecified atom stereocenters. The first-order chi connectivity index (χ1) is 8.79. The molecule has 1 aromatic rings. The number of rotatable bonds is 3. The van der Waals surface area contributed by atoms with Crippen LogP contribution >= 0.6 is 0 Å². The molecular formula is C9H5BF9O-. The first-order valence-corrected chi connectivity index (χ1v) is 4.92. The van der Waals surface area contributed by atoms with Gasteiger partial charge in [0.2, 0.25) is 0 Å². The largest absolute Gasteiger partial charge is 0.522 e. The van der Waals surface area contributed by atoms with E-state index in [1.807, 2.05) is 0 Å². The molecule has 0 aliphatic carbocycles. The fourth-order valence-electron chi connectivity index (χ4n) is 1.20.